The second-order valence-corrected chi connectivity index (χ2v) is 8.15. The Morgan fingerprint density at radius 3 is 2.61 bits per heavy atom. The molecule has 1 aliphatic rings. The van der Waals surface area contributed by atoms with Gasteiger partial charge >= 0.3 is 0 Å². The van der Waals surface area contributed by atoms with Gasteiger partial charge in [-0.1, -0.05) is 35.9 Å². The summed E-state index contributed by atoms with van der Waals surface area (Å²) < 4.78 is 11.4. The Kier molecular flexibility index (Phi) is 6.93. The van der Waals surface area contributed by atoms with Gasteiger partial charge in [-0.3, -0.25) is 9.59 Å². The zero-order valence-electron chi connectivity index (χ0n) is 19.0. The lowest BCUT2D eigenvalue weighted by Gasteiger charge is -2.30. The minimum absolute atomic E-state index is 0.0157. The maximum atomic E-state index is 12.7. The van der Waals surface area contributed by atoms with Crippen LogP contribution in [0.2, 0.25) is 0 Å². The molecule has 170 valence electrons. The van der Waals surface area contributed by atoms with E-state index < -0.39 is 0 Å². The number of unbranched alkanes of at least 4 members (excludes halogenated alkanes) is 1. The van der Waals surface area contributed by atoms with Crippen LogP contribution >= 0.6 is 0 Å². The maximum absolute atomic E-state index is 12.7. The molecule has 0 spiro atoms. The van der Waals surface area contributed by atoms with Gasteiger partial charge in [0.1, 0.15) is 11.5 Å². The molecule has 0 unspecified atom stereocenters. The SMILES string of the molecule is Cc1ccc(OCCCCN2C(=O)COc3ccc(NC(=O)c4ccccc4C)cc32)cc1. The highest BCUT2D eigenvalue weighted by atomic mass is 16.5. The van der Waals surface area contributed by atoms with Crippen LogP contribution in [-0.2, 0) is 4.79 Å². The van der Waals surface area contributed by atoms with Crippen LogP contribution in [-0.4, -0.2) is 31.6 Å². The molecule has 0 aliphatic carbocycles. The lowest BCUT2D eigenvalue weighted by molar-refractivity contribution is -0.121. The average molecular weight is 445 g/mol. The van der Waals surface area contributed by atoms with Crippen molar-refractivity contribution in [2.75, 3.05) is 30.0 Å². The number of hydrogen-bond donors (Lipinski definition) is 1. The molecule has 6 heteroatoms. The lowest BCUT2D eigenvalue weighted by Crippen LogP contribution is -2.39. The molecule has 1 heterocycles. The van der Waals surface area contributed by atoms with E-state index in [1.807, 2.05) is 56.3 Å². The Morgan fingerprint density at radius 1 is 1.03 bits per heavy atom. The molecule has 2 amide bonds. The van der Waals surface area contributed by atoms with Crippen LogP contribution in [0.1, 0.15) is 34.3 Å². The first-order valence-corrected chi connectivity index (χ1v) is 11.1. The molecule has 0 saturated carbocycles. The third kappa shape index (κ3) is 5.52. The van der Waals surface area contributed by atoms with Crippen molar-refractivity contribution in [2.24, 2.45) is 0 Å². The van der Waals surface area contributed by atoms with E-state index in [1.54, 1.807) is 29.2 Å². The fourth-order valence-corrected chi connectivity index (χ4v) is 3.75. The molecule has 0 saturated heterocycles. The highest BCUT2D eigenvalue weighted by Crippen LogP contribution is 2.35. The first-order valence-electron chi connectivity index (χ1n) is 11.1. The second kappa shape index (κ2) is 10.2. The van der Waals surface area contributed by atoms with Crippen molar-refractivity contribution in [3.05, 3.63) is 83.4 Å². The van der Waals surface area contributed by atoms with Crippen molar-refractivity contribution >= 4 is 23.2 Å². The minimum atomic E-state index is -0.184. The Hall–Kier alpha value is -3.80. The van der Waals surface area contributed by atoms with Crippen LogP contribution in [0.4, 0.5) is 11.4 Å². The van der Waals surface area contributed by atoms with Crippen LogP contribution < -0.4 is 19.7 Å². The summed E-state index contributed by atoms with van der Waals surface area (Å²) in [4.78, 5) is 27.0. The van der Waals surface area contributed by atoms with Crippen LogP contribution in [0.5, 0.6) is 11.5 Å². The number of carbonyl (C=O) groups is 2. The predicted molar refractivity (Wildman–Crippen MR) is 129 cm³/mol. The van der Waals surface area contributed by atoms with Crippen molar-refractivity contribution < 1.29 is 19.1 Å². The summed E-state index contributed by atoms with van der Waals surface area (Å²) in [5.41, 5.74) is 4.01. The summed E-state index contributed by atoms with van der Waals surface area (Å²) in [6.45, 7) is 5.10. The summed E-state index contributed by atoms with van der Waals surface area (Å²) >= 11 is 0. The molecule has 0 radical (unpaired) electrons. The first-order chi connectivity index (χ1) is 16.0. The number of nitrogens with one attached hydrogen (secondary N) is 1. The zero-order chi connectivity index (χ0) is 23.2. The largest absolute Gasteiger partial charge is 0.494 e. The van der Waals surface area contributed by atoms with E-state index in [-0.39, 0.29) is 18.4 Å². The van der Waals surface area contributed by atoms with Gasteiger partial charge in [-0.25, -0.2) is 0 Å². The molecule has 3 aromatic carbocycles. The van der Waals surface area contributed by atoms with E-state index in [1.165, 1.54) is 5.56 Å². The minimum Gasteiger partial charge on any atom is -0.494 e. The summed E-state index contributed by atoms with van der Waals surface area (Å²) in [5, 5.41) is 2.93. The Bertz CT molecular complexity index is 1140. The fraction of sp³-hybridized carbons (Fsp3) is 0.259. The summed E-state index contributed by atoms with van der Waals surface area (Å²) in [6.07, 6.45) is 1.61. The number of benzene rings is 3. The molecule has 1 N–H and O–H groups in total. The standard InChI is InChI=1S/C27H28N2O4/c1-19-9-12-22(13-10-19)32-16-6-5-15-29-24-17-21(11-14-25(24)33-18-26(29)30)28-27(31)23-8-4-3-7-20(23)2/h3-4,7-14,17H,5-6,15-16,18H2,1-2H3,(H,28,31). The van der Waals surface area contributed by atoms with Gasteiger partial charge in [0, 0.05) is 17.8 Å². The number of anilines is 2. The van der Waals surface area contributed by atoms with Crippen molar-refractivity contribution in [3.63, 3.8) is 0 Å². The van der Waals surface area contributed by atoms with Crippen LogP contribution in [0.15, 0.2) is 66.7 Å². The second-order valence-electron chi connectivity index (χ2n) is 8.15. The zero-order valence-corrected chi connectivity index (χ0v) is 19.0. The number of carbonyl (C=O) groups excluding carboxylic acids is 2. The normalized spacial score (nSPS) is 12.7. The van der Waals surface area contributed by atoms with E-state index >= 15 is 0 Å². The summed E-state index contributed by atoms with van der Waals surface area (Å²) in [6, 6.07) is 20.8. The third-order valence-corrected chi connectivity index (χ3v) is 5.62. The molecule has 33 heavy (non-hydrogen) atoms. The average Bonchev–Trinajstić information content (AvgIpc) is 2.81. The van der Waals surface area contributed by atoms with Gasteiger partial charge in [0.2, 0.25) is 0 Å². The van der Waals surface area contributed by atoms with E-state index in [0.29, 0.717) is 35.8 Å². The van der Waals surface area contributed by atoms with Crippen LogP contribution in [0.25, 0.3) is 0 Å². The summed E-state index contributed by atoms with van der Waals surface area (Å²) in [5.74, 6) is 1.21. The molecular weight excluding hydrogens is 416 g/mol. The lowest BCUT2D eigenvalue weighted by atomic mass is 10.1. The van der Waals surface area contributed by atoms with E-state index in [2.05, 4.69) is 5.32 Å². The Labute approximate surface area is 194 Å². The highest BCUT2D eigenvalue weighted by molar-refractivity contribution is 6.06. The van der Waals surface area contributed by atoms with E-state index in [4.69, 9.17) is 9.47 Å². The number of nitrogens with zero attached hydrogens (tertiary/aromatic N) is 1. The Balaban J connectivity index is 1.38. The van der Waals surface area contributed by atoms with Gasteiger partial charge < -0.3 is 19.7 Å². The molecule has 1 aliphatic heterocycles. The number of aryl methyl sites for hydroxylation is 2. The van der Waals surface area contributed by atoms with Crippen LogP contribution in [0, 0.1) is 13.8 Å². The molecule has 0 atom stereocenters. The van der Waals surface area contributed by atoms with Gasteiger partial charge in [-0.2, -0.15) is 0 Å². The van der Waals surface area contributed by atoms with Gasteiger partial charge in [0.25, 0.3) is 11.8 Å². The van der Waals surface area contributed by atoms with E-state index in [9.17, 15) is 9.59 Å². The molecule has 6 nitrogen and oxygen atoms in total. The van der Waals surface area contributed by atoms with Gasteiger partial charge in [-0.15, -0.1) is 0 Å². The molecule has 3 aromatic rings. The van der Waals surface area contributed by atoms with Crippen molar-refractivity contribution in [2.45, 2.75) is 26.7 Å². The topological polar surface area (TPSA) is 67.9 Å². The number of amides is 2. The van der Waals surface area contributed by atoms with Gasteiger partial charge in [0.05, 0.1) is 12.3 Å². The van der Waals surface area contributed by atoms with Gasteiger partial charge in [0.15, 0.2) is 6.61 Å². The maximum Gasteiger partial charge on any atom is 0.265 e. The van der Waals surface area contributed by atoms with Gasteiger partial charge in [-0.05, 0) is 68.7 Å². The number of rotatable bonds is 8. The predicted octanol–water partition coefficient (Wildman–Crippen LogP) is 5.14. The molecule has 0 fully saturated rings. The molecule has 4 rings (SSSR count). The molecular formula is C27H28N2O4. The monoisotopic (exact) mass is 444 g/mol. The smallest absolute Gasteiger partial charge is 0.265 e. The molecule has 0 bridgehead atoms. The van der Waals surface area contributed by atoms with Crippen LogP contribution in [0.3, 0.4) is 0 Å². The van der Waals surface area contributed by atoms with Crippen molar-refractivity contribution in [1.29, 1.82) is 0 Å². The quantitative estimate of drug-likeness (QED) is 0.489. The third-order valence-electron chi connectivity index (χ3n) is 5.62. The fourth-order valence-electron chi connectivity index (χ4n) is 3.75. The van der Waals surface area contributed by atoms with Crippen molar-refractivity contribution in [3.8, 4) is 11.5 Å². The summed E-state index contributed by atoms with van der Waals surface area (Å²) in [7, 11) is 0. The highest BCUT2D eigenvalue weighted by Gasteiger charge is 2.25. The van der Waals surface area contributed by atoms with Crippen molar-refractivity contribution in [1.82, 2.24) is 0 Å². The Morgan fingerprint density at radius 2 is 1.82 bits per heavy atom. The number of ether oxygens (including phenoxy) is 2. The number of hydrogen-bond acceptors (Lipinski definition) is 4. The van der Waals surface area contributed by atoms with E-state index in [0.717, 1.165) is 24.2 Å². The first kappa shape index (κ1) is 22.4. The molecule has 0 aromatic heterocycles. The number of fused-ring (bicyclic) bond motifs is 1.